The number of aliphatic hydroxyl groups is 1. The van der Waals surface area contributed by atoms with Crippen molar-refractivity contribution in [3.05, 3.63) is 53.5 Å². The first-order valence-corrected chi connectivity index (χ1v) is 9.55. The molecule has 0 spiro atoms. The van der Waals surface area contributed by atoms with Gasteiger partial charge in [0.05, 0.1) is 6.26 Å². The molecule has 0 bridgehead atoms. The average Bonchev–Trinajstić information content (AvgIpc) is 3.27. The molecule has 1 saturated heterocycles. The molecule has 2 aliphatic rings. The molecule has 7 heteroatoms. The number of fused-ring (bicyclic) bond motifs is 1. The Labute approximate surface area is 163 Å². The number of furan rings is 1. The molecule has 1 aromatic heterocycles. The van der Waals surface area contributed by atoms with Gasteiger partial charge < -0.3 is 24.4 Å². The highest BCUT2D eigenvalue weighted by Gasteiger charge is 2.41. The molecule has 2 aliphatic heterocycles. The molecule has 0 aliphatic carbocycles. The summed E-state index contributed by atoms with van der Waals surface area (Å²) in [6, 6.07) is 10.4. The van der Waals surface area contributed by atoms with Gasteiger partial charge in [-0.05, 0) is 31.0 Å². The van der Waals surface area contributed by atoms with Crippen molar-refractivity contribution in [1.82, 2.24) is 4.90 Å². The fourth-order valence-corrected chi connectivity index (χ4v) is 4.14. The van der Waals surface area contributed by atoms with Crippen molar-refractivity contribution in [3.63, 3.8) is 0 Å². The van der Waals surface area contributed by atoms with Crippen LogP contribution < -0.4 is 4.90 Å². The standard InChI is InChI=1S/C21H24N2O5/c1-14-12-15-4-2-3-5-17(15)23(14)13-16-6-11-28-18(16)19(24)22-9-7-21(27,8-10-22)20(25)26/h2-6,11,14,27H,7-10,12-13H2,1H3,(H,25,26). The SMILES string of the molecule is CC1Cc2ccccc2N1Cc1ccoc1C(=O)N1CCC(O)(C(=O)O)CC1. The number of hydrogen-bond donors (Lipinski definition) is 2. The van der Waals surface area contributed by atoms with Gasteiger partial charge in [-0.1, -0.05) is 18.2 Å². The highest BCUT2D eigenvalue weighted by atomic mass is 16.4. The molecule has 1 aromatic carbocycles. The van der Waals surface area contributed by atoms with E-state index in [9.17, 15) is 14.7 Å². The first-order valence-electron chi connectivity index (χ1n) is 9.55. The lowest BCUT2D eigenvalue weighted by Crippen LogP contribution is -2.50. The third kappa shape index (κ3) is 3.16. The summed E-state index contributed by atoms with van der Waals surface area (Å²) in [5.41, 5.74) is 1.54. The van der Waals surface area contributed by atoms with Crippen LogP contribution in [0.1, 0.15) is 41.4 Å². The van der Waals surface area contributed by atoms with Crippen molar-refractivity contribution in [2.45, 2.75) is 44.4 Å². The Morgan fingerprint density at radius 3 is 2.64 bits per heavy atom. The normalized spacial score (nSPS) is 20.9. The minimum absolute atomic E-state index is 0.0145. The number of carboxylic acids is 1. The Morgan fingerprint density at radius 1 is 1.21 bits per heavy atom. The summed E-state index contributed by atoms with van der Waals surface area (Å²) in [4.78, 5) is 28.0. The summed E-state index contributed by atoms with van der Waals surface area (Å²) < 4.78 is 5.52. The monoisotopic (exact) mass is 384 g/mol. The van der Waals surface area contributed by atoms with Crippen molar-refractivity contribution in [2.24, 2.45) is 0 Å². The number of benzene rings is 1. The maximum Gasteiger partial charge on any atom is 0.335 e. The van der Waals surface area contributed by atoms with Crippen molar-refractivity contribution in [2.75, 3.05) is 18.0 Å². The molecule has 2 N–H and O–H groups in total. The van der Waals surface area contributed by atoms with Crippen molar-refractivity contribution in [3.8, 4) is 0 Å². The lowest BCUT2D eigenvalue weighted by atomic mass is 9.91. The van der Waals surface area contributed by atoms with E-state index in [-0.39, 0.29) is 37.6 Å². The Balaban J connectivity index is 1.49. The lowest BCUT2D eigenvalue weighted by molar-refractivity contribution is -0.162. The van der Waals surface area contributed by atoms with Crippen LogP contribution in [-0.2, 0) is 17.8 Å². The average molecular weight is 384 g/mol. The molecule has 1 unspecified atom stereocenters. The number of aliphatic carboxylic acids is 1. The third-order valence-electron chi connectivity index (χ3n) is 5.91. The Hall–Kier alpha value is -2.80. The molecule has 1 amide bonds. The maximum atomic E-state index is 12.9. The minimum atomic E-state index is -1.75. The van der Waals surface area contributed by atoms with Crippen LogP contribution in [0.3, 0.4) is 0 Å². The summed E-state index contributed by atoms with van der Waals surface area (Å²) in [5, 5.41) is 19.2. The van der Waals surface area contributed by atoms with Crippen LogP contribution in [0, 0.1) is 0 Å². The van der Waals surface area contributed by atoms with E-state index < -0.39 is 11.6 Å². The van der Waals surface area contributed by atoms with E-state index in [1.54, 1.807) is 4.90 Å². The first-order chi connectivity index (χ1) is 13.4. The van der Waals surface area contributed by atoms with Gasteiger partial charge in [-0.2, -0.15) is 0 Å². The summed E-state index contributed by atoms with van der Waals surface area (Å²) in [7, 11) is 0. The smallest absolute Gasteiger partial charge is 0.335 e. The zero-order valence-corrected chi connectivity index (χ0v) is 15.8. The van der Waals surface area contributed by atoms with Gasteiger partial charge in [0, 0.05) is 49.8 Å². The van der Waals surface area contributed by atoms with E-state index in [0.717, 1.165) is 12.0 Å². The Kier molecular flexibility index (Phi) is 4.63. The molecule has 0 radical (unpaired) electrons. The zero-order valence-electron chi connectivity index (χ0n) is 15.8. The Morgan fingerprint density at radius 2 is 1.93 bits per heavy atom. The second-order valence-electron chi connectivity index (χ2n) is 7.71. The van der Waals surface area contributed by atoms with Gasteiger partial charge in [0.2, 0.25) is 0 Å². The quantitative estimate of drug-likeness (QED) is 0.840. The zero-order chi connectivity index (χ0) is 19.9. The third-order valence-corrected chi connectivity index (χ3v) is 5.91. The van der Waals surface area contributed by atoms with E-state index in [2.05, 4.69) is 24.0 Å². The number of nitrogens with zero attached hydrogens (tertiary/aromatic N) is 2. The molecule has 148 valence electrons. The highest BCUT2D eigenvalue weighted by Crippen LogP contribution is 2.34. The first kappa shape index (κ1) is 18.6. The van der Waals surface area contributed by atoms with Crippen LogP contribution in [0.4, 0.5) is 5.69 Å². The van der Waals surface area contributed by atoms with Gasteiger partial charge in [0.1, 0.15) is 0 Å². The molecule has 1 fully saturated rings. The minimum Gasteiger partial charge on any atom is -0.479 e. The highest BCUT2D eigenvalue weighted by molar-refractivity contribution is 5.93. The van der Waals surface area contributed by atoms with Gasteiger partial charge in [-0.25, -0.2) is 4.79 Å². The van der Waals surface area contributed by atoms with Crippen LogP contribution in [-0.4, -0.2) is 51.7 Å². The number of piperidine rings is 1. The molecular formula is C21H24N2O5. The van der Waals surface area contributed by atoms with Crippen LogP contribution in [0.25, 0.3) is 0 Å². The van der Waals surface area contributed by atoms with Crippen LogP contribution in [0.15, 0.2) is 41.0 Å². The van der Waals surface area contributed by atoms with E-state index in [0.29, 0.717) is 12.6 Å². The van der Waals surface area contributed by atoms with E-state index in [1.165, 1.54) is 17.5 Å². The number of rotatable bonds is 4. The van der Waals surface area contributed by atoms with Crippen LogP contribution in [0.2, 0.25) is 0 Å². The van der Waals surface area contributed by atoms with Crippen LogP contribution >= 0.6 is 0 Å². The predicted octanol–water partition coefficient (Wildman–Crippen LogP) is 2.28. The molecular weight excluding hydrogens is 360 g/mol. The number of likely N-dealkylation sites (tertiary alicyclic amines) is 1. The number of anilines is 1. The molecule has 2 aromatic rings. The van der Waals surface area contributed by atoms with Crippen molar-refractivity contribution >= 4 is 17.6 Å². The fourth-order valence-electron chi connectivity index (χ4n) is 4.14. The molecule has 4 rings (SSSR count). The number of carbonyl (C=O) groups is 2. The molecule has 3 heterocycles. The van der Waals surface area contributed by atoms with Crippen LogP contribution in [0.5, 0.6) is 0 Å². The number of para-hydroxylation sites is 1. The summed E-state index contributed by atoms with van der Waals surface area (Å²) in [5.74, 6) is -1.20. The van der Waals surface area contributed by atoms with E-state index in [1.807, 2.05) is 18.2 Å². The van der Waals surface area contributed by atoms with Gasteiger partial charge >= 0.3 is 5.97 Å². The summed E-state index contributed by atoms with van der Waals surface area (Å²) in [6.45, 7) is 3.11. The van der Waals surface area contributed by atoms with E-state index in [4.69, 9.17) is 9.52 Å². The second kappa shape index (κ2) is 6.98. The second-order valence-corrected chi connectivity index (χ2v) is 7.71. The van der Waals surface area contributed by atoms with Gasteiger partial charge in [0.15, 0.2) is 11.4 Å². The number of carboxylic acid groups (broad SMARTS) is 1. The molecule has 1 atom stereocenters. The molecule has 7 nitrogen and oxygen atoms in total. The topological polar surface area (TPSA) is 94.2 Å². The summed E-state index contributed by atoms with van der Waals surface area (Å²) >= 11 is 0. The lowest BCUT2D eigenvalue weighted by Gasteiger charge is -2.35. The number of amides is 1. The van der Waals surface area contributed by atoms with Gasteiger partial charge in [-0.3, -0.25) is 4.79 Å². The molecule has 28 heavy (non-hydrogen) atoms. The molecule has 0 saturated carbocycles. The van der Waals surface area contributed by atoms with Crippen molar-refractivity contribution in [1.29, 1.82) is 0 Å². The van der Waals surface area contributed by atoms with E-state index >= 15 is 0 Å². The predicted molar refractivity (Wildman–Crippen MR) is 102 cm³/mol. The number of hydrogen-bond acceptors (Lipinski definition) is 5. The van der Waals surface area contributed by atoms with Crippen molar-refractivity contribution < 1.29 is 24.2 Å². The van der Waals surface area contributed by atoms with Gasteiger partial charge in [0.25, 0.3) is 5.91 Å². The Bertz CT molecular complexity index is 898. The largest absolute Gasteiger partial charge is 0.479 e. The maximum absolute atomic E-state index is 12.9. The number of carbonyl (C=O) groups excluding carboxylic acids is 1. The fraction of sp³-hybridized carbons (Fsp3) is 0.429. The summed E-state index contributed by atoms with van der Waals surface area (Å²) in [6.07, 6.45) is 2.52. The van der Waals surface area contributed by atoms with Gasteiger partial charge in [-0.15, -0.1) is 0 Å².